The lowest BCUT2D eigenvalue weighted by atomic mass is 9.78. The summed E-state index contributed by atoms with van der Waals surface area (Å²) in [7, 11) is 0. The van der Waals surface area contributed by atoms with Gasteiger partial charge in [0.1, 0.15) is 4.60 Å². The van der Waals surface area contributed by atoms with Gasteiger partial charge in [-0.1, -0.05) is 50.3 Å². The Balaban J connectivity index is 2.45. The number of hydrogen-bond acceptors (Lipinski definition) is 2. The van der Waals surface area contributed by atoms with Crippen LogP contribution in [0.25, 0.3) is 0 Å². The van der Waals surface area contributed by atoms with E-state index >= 15 is 0 Å². The number of allylic oxidation sites excluding steroid dienone is 4. The number of aryl methyl sites for hydroxylation is 1. The van der Waals surface area contributed by atoms with E-state index in [9.17, 15) is 5.26 Å². The molecule has 0 bridgehead atoms. The van der Waals surface area contributed by atoms with Gasteiger partial charge in [0.05, 0.1) is 11.5 Å². The predicted octanol–water partition coefficient (Wildman–Crippen LogP) is 5.78. The van der Waals surface area contributed by atoms with Gasteiger partial charge in [-0.15, -0.1) is 0 Å². The molecular formula is C19H23BrN2. The fourth-order valence-electron chi connectivity index (χ4n) is 2.42. The molecule has 22 heavy (non-hydrogen) atoms. The first-order chi connectivity index (χ1) is 10.6. The summed E-state index contributed by atoms with van der Waals surface area (Å²) in [5.74, 6) is 0. The second-order valence-electron chi connectivity index (χ2n) is 5.52. The number of pyridine rings is 1. The first-order valence-corrected chi connectivity index (χ1v) is 8.33. The van der Waals surface area contributed by atoms with Crippen molar-refractivity contribution in [2.45, 2.75) is 39.0 Å². The van der Waals surface area contributed by atoms with Crippen LogP contribution in [-0.2, 0) is 6.42 Å². The van der Waals surface area contributed by atoms with E-state index in [-0.39, 0.29) is 0 Å². The number of unbranched alkanes of at least 4 members (excludes halogenated alkanes) is 2. The van der Waals surface area contributed by atoms with Crippen LogP contribution in [0.15, 0.2) is 59.8 Å². The lowest BCUT2D eigenvalue weighted by Gasteiger charge is -2.22. The first kappa shape index (κ1) is 18.4. The molecule has 2 nitrogen and oxygen atoms in total. The van der Waals surface area contributed by atoms with Gasteiger partial charge in [-0.2, -0.15) is 5.26 Å². The maximum Gasteiger partial charge on any atom is 0.106 e. The highest BCUT2D eigenvalue weighted by molar-refractivity contribution is 9.10. The van der Waals surface area contributed by atoms with Crippen molar-refractivity contribution in [1.82, 2.24) is 4.98 Å². The molecule has 1 atom stereocenters. The van der Waals surface area contributed by atoms with Crippen molar-refractivity contribution >= 4 is 15.9 Å². The van der Waals surface area contributed by atoms with E-state index in [1.165, 1.54) is 0 Å². The van der Waals surface area contributed by atoms with Gasteiger partial charge < -0.3 is 0 Å². The summed E-state index contributed by atoms with van der Waals surface area (Å²) in [6.45, 7) is 9.48. The molecule has 0 saturated carbocycles. The molecule has 1 rings (SSSR count). The number of nitriles is 1. The van der Waals surface area contributed by atoms with Crippen molar-refractivity contribution in [1.29, 1.82) is 5.26 Å². The number of halogens is 1. The maximum atomic E-state index is 9.49. The molecule has 1 heterocycles. The molecule has 0 spiro atoms. The summed E-state index contributed by atoms with van der Waals surface area (Å²) in [4.78, 5) is 4.43. The standard InChI is InChI=1S/C19H23BrN2/c1-4-10-16(5-2)19(3,15-21)14-8-6-7-11-17-12-9-13-18(20)22-17/h4-5,9-10,12-13H,1-2,6-8,11,14H2,3H3/b16-10+. The van der Waals surface area contributed by atoms with Gasteiger partial charge >= 0.3 is 0 Å². The second-order valence-corrected chi connectivity index (χ2v) is 6.33. The predicted molar refractivity (Wildman–Crippen MR) is 96.3 cm³/mol. The number of aromatic nitrogens is 1. The van der Waals surface area contributed by atoms with Crippen LogP contribution < -0.4 is 0 Å². The Morgan fingerprint density at radius 2 is 2.14 bits per heavy atom. The Hall–Kier alpha value is -1.66. The maximum absolute atomic E-state index is 9.49. The van der Waals surface area contributed by atoms with Gasteiger partial charge in [0.25, 0.3) is 0 Å². The summed E-state index contributed by atoms with van der Waals surface area (Å²) in [5, 5.41) is 9.49. The minimum absolute atomic E-state index is 0.482. The van der Waals surface area contributed by atoms with Crippen molar-refractivity contribution < 1.29 is 0 Å². The average Bonchev–Trinajstić information content (AvgIpc) is 2.52. The quantitative estimate of drug-likeness (QED) is 0.319. The van der Waals surface area contributed by atoms with Crippen molar-refractivity contribution in [2.24, 2.45) is 5.41 Å². The molecule has 0 radical (unpaired) electrons. The van der Waals surface area contributed by atoms with Crippen LogP contribution >= 0.6 is 15.9 Å². The van der Waals surface area contributed by atoms with E-state index < -0.39 is 5.41 Å². The topological polar surface area (TPSA) is 36.7 Å². The van der Waals surface area contributed by atoms with Crippen LogP contribution in [-0.4, -0.2) is 4.98 Å². The third-order valence-electron chi connectivity index (χ3n) is 3.78. The molecule has 0 fully saturated rings. The Bertz CT molecular complexity index is 583. The summed E-state index contributed by atoms with van der Waals surface area (Å²) >= 11 is 3.39. The average molecular weight is 359 g/mol. The van der Waals surface area contributed by atoms with Gasteiger partial charge in [-0.25, -0.2) is 4.98 Å². The van der Waals surface area contributed by atoms with E-state index in [4.69, 9.17) is 0 Å². The molecule has 1 aromatic heterocycles. The van der Waals surface area contributed by atoms with Crippen molar-refractivity contribution in [3.8, 4) is 6.07 Å². The summed E-state index contributed by atoms with van der Waals surface area (Å²) in [5.41, 5.74) is 1.57. The zero-order chi connectivity index (χ0) is 16.4. The van der Waals surface area contributed by atoms with Crippen molar-refractivity contribution in [3.63, 3.8) is 0 Å². The van der Waals surface area contributed by atoms with Gasteiger partial charge in [0.2, 0.25) is 0 Å². The minimum atomic E-state index is -0.482. The van der Waals surface area contributed by atoms with E-state index in [1.54, 1.807) is 12.2 Å². The van der Waals surface area contributed by atoms with Crippen LogP contribution in [0.5, 0.6) is 0 Å². The van der Waals surface area contributed by atoms with E-state index in [1.807, 2.05) is 31.2 Å². The molecule has 0 aromatic carbocycles. The number of nitrogens with zero attached hydrogens (tertiary/aromatic N) is 2. The second kappa shape index (κ2) is 9.38. The lowest BCUT2D eigenvalue weighted by molar-refractivity contribution is 0.456. The van der Waals surface area contributed by atoms with E-state index in [0.29, 0.717) is 0 Å². The smallest absolute Gasteiger partial charge is 0.106 e. The molecule has 0 N–H and O–H groups in total. The number of rotatable bonds is 9. The SMILES string of the molecule is C=C/C=C(\C=C)C(C)(C#N)CCCCCc1cccc(Br)n1. The van der Waals surface area contributed by atoms with Crippen molar-refractivity contribution in [3.05, 3.63) is 65.5 Å². The Morgan fingerprint density at radius 1 is 1.36 bits per heavy atom. The molecule has 3 heteroatoms. The molecule has 1 unspecified atom stereocenters. The van der Waals surface area contributed by atoms with Gasteiger partial charge in [-0.3, -0.25) is 0 Å². The molecule has 0 aliphatic rings. The van der Waals surface area contributed by atoms with Gasteiger partial charge in [-0.05, 0) is 59.8 Å². The molecule has 0 amide bonds. The van der Waals surface area contributed by atoms with Crippen LogP contribution in [0.1, 0.15) is 38.3 Å². The molecular weight excluding hydrogens is 336 g/mol. The zero-order valence-electron chi connectivity index (χ0n) is 13.2. The zero-order valence-corrected chi connectivity index (χ0v) is 14.8. The highest BCUT2D eigenvalue weighted by Crippen LogP contribution is 2.33. The first-order valence-electron chi connectivity index (χ1n) is 7.54. The fourth-order valence-corrected chi connectivity index (χ4v) is 2.80. The molecule has 116 valence electrons. The normalized spacial score (nSPS) is 14.0. The minimum Gasteiger partial charge on any atom is -0.246 e. The summed E-state index contributed by atoms with van der Waals surface area (Å²) in [6.07, 6.45) is 10.3. The molecule has 0 aliphatic heterocycles. The van der Waals surface area contributed by atoms with Crippen molar-refractivity contribution in [2.75, 3.05) is 0 Å². The monoisotopic (exact) mass is 358 g/mol. The third kappa shape index (κ3) is 5.61. The Labute approximate surface area is 142 Å². The van der Waals surface area contributed by atoms with Gasteiger partial charge in [0.15, 0.2) is 0 Å². The lowest BCUT2D eigenvalue weighted by Crippen LogP contribution is -2.16. The molecule has 1 aromatic rings. The summed E-state index contributed by atoms with van der Waals surface area (Å²) < 4.78 is 0.882. The fraction of sp³-hybridized carbons (Fsp3) is 0.368. The highest BCUT2D eigenvalue weighted by Gasteiger charge is 2.26. The third-order valence-corrected chi connectivity index (χ3v) is 4.23. The van der Waals surface area contributed by atoms with E-state index in [2.05, 4.69) is 40.1 Å². The van der Waals surface area contributed by atoms with Crippen LogP contribution in [0.2, 0.25) is 0 Å². The van der Waals surface area contributed by atoms with Gasteiger partial charge in [0, 0.05) is 5.69 Å². The van der Waals surface area contributed by atoms with Crippen LogP contribution in [0.3, 0.4) is 0 Å². The highest BCUT2D eigenvalue weighted by atomic mass is 79.9. The Kier molecular flexibility index (Phi) is 7.84. The van der Waals surface area contributed by atoms with Crippen LogP contribution in [0.4, 0.5) is 0 Å². The molecule has 0 saturated heterocycles. The number of hydrogen-bond donors (Lipinski definition) is 0. The Morgan fingerprint density at radius 3 is 2.73 bits per heavy atom. The van der Waals surface area contributed by atoms with Crippen LogP contribution in [0, 0.1) is 16.7 Å². The largest absolute Gasteiger partial charge is 0.246 e. The summed E-state index contributed by atoms with van der Waals surface area (Å²) in [6, 6.07) is 8.42. The van der Waals surface area contributed by atoms with E-state index in [0.717, 1.165) is 48.0 Å². The molecule has 0 aliphatic carbocycles.